The van der Waals surface area contributed by atoms with Crippen LogP contribution in [0.15, 0.2) is 35.9 Å². The highest BCUT2D eigenvalue weighted by Crippen LogP contribution is 2.20. The van der Waals surface area contributed by atoms with E-state index in [1.807, 2.05) is 39.8 Å². The topological polar surface area (TPSA) is 78.1 Å². The van der Waals surface area contributed by atoms with Gasteiger partial charge in [0.15, 0.2) is 0 Å². The largest absolute Gasteiger partial charge is 0.348 e. The van der Waals surface area contributed by atoms with E-state index in [1.165, 1.54) is 0 Å². The van der Waals surface area contributed by atoms with Crippen molar-refractivity contribution < 1.29 is 9.59 Å². The first-order chi connectivity index (χ1) is 14.7. The van der Waals surface area contributed by atoms with Crippen LogP contribution >= 0.6 is 0 Å². The third-order valence-electron chi connectivity index (χ3n) is 5.27. The fourth-order valence-electron chi connectivity index (χ4n) is 3.51. The molecule has 6 nitrogen and oxygen atoms in total. The molecular weight excluding hydrogens is 388 g/mol. The zero-order valence-electron chi connectivity index (χ0n) is 19.3. The second-order valence-corrected chi connectivity index (χ2v) is 8.01. The number of nitrogens with one attached hydrogen (secondary N) is 1. The van der Waals surface area contributed by atoms with Crippen molar-refractivity contribution in [2.24, 2.45) is 5.92 Å². The molecule has 1 aromatic heterocycles. The van der Waals surface area contributed by atoms with Crippen molar-refractivity contribution in [1.29, 1.82) is 5.26 Å². The van der Waals surface area contributed by atoms with Gasteiger partial charge < -0.3 is 14.8 Å². The lowest BCUT2D eigenvalue weighted by Gasteiger charge is -2.18. The zero-order chi connectivity index (χ0) is 23.1. The summed E-state index contributed by atoms with van der Waals surface area (Å²) < 4.78 is 2.20. The number of aromatic nitrogens is 1. The van der Waals surface area contributed by atoms with E-state index in [0.717, 1.165) is 23.5 Å². The number of nitrogens with zero attached hydrogens (tertiary/aromatic N) is 3. The van der Waals surface area contributed by atoms with Gasteiger partial charge in [-0.3, -0.25) is 9.59 Å². The first-order valence-electron chi connectivity index (χ1n) is 10.7. The van der Waals surface area contributed by atoms with Crippen molar-refractivity contribution in [2.75, 3.05) is 18.4 Å². The Balaban J connectivity index is 2.19. The van der Waals surface area contributed by atoms with Gasteiger partial charge >= 0.3 is 0 Å². The molecule has 0 aliphatic heterocycles. The second-order valence-electron chi connectivity index (χ2n) is 8.01. The monoisotopic (exact) mass is 420 g/mol. The predicted molar refractivity (Wildman–Crippen MR) is 125 cm³/mol. The molecule has 2 amide bonds. The Labute approximate surface area is 185 Å². The Kier molecular flexibility index (Phi) is 8.21. The average molecular weight is 421 g/mol. The molecule has 0 aliphatic rings. The van der Waals surface area contributed by atoms with Gasteiger partial charge in [0.1, 0.15) is 11.6 Å². The quantitative estimate of drug-likeness (QED) is 0.493. The van der Waals surface area contributed by atoms with Crippen LogP contribution in [0.3, 0.4) is 0 Å². The second kappa shape index (κ2) is 10.6. The van der Waals surface area contributed by atoms with E-state index in [2.05, 4.69) is 23.7 Å². The fourth-order valence-corrected chi connectivity index (χ4v) is 3.51. The summed E-state index contributed by atoms with van der Waals surface area (Å²) in [5.41, 5.74) is 4.13. The van der Waals surface area contributed by atoms with Gasteiger partial charge in [0.25, 0.3) is 11.8 Å². The van der Waals surface area contributed by atoms with Crippen molar-refractivity contribution in [3.05, 3.63) is 58.4 Å². The molecule has 0 saturated heterocycles. The number of hydrogen-bond acceptors (Lipinski definition) is 3. The van der Waals surface area contributed by atoms with Crippen LogP contribution in [0.5, 0.6) is 0 Å². The van der Waals surface area contributed by atoms with E-state index < -0.39 is 5.91 Å². The Bertz CT molecular complexity index is 1000. The van der Waals surface area contributed by atoms with E-state index in [9.17, 15) is 14.9 Å². The van der Waals surface area contributed by atoms with Gasteiger partial charge in [-0.25, -0.2) is 0 Å². The smallest absolute Gasteiger partial charge is 0.266 e. The summed E-state index contributed by atoms with van der Waals surface area (Å²) in [5, 5.41) is 12.3. The van der Waals surface area contributed by atoms with E-state index in [4.69, 9.17) is 0 Å². The lowest BCUT2D eigenvalue weighted by molar-refractivity contribution is -0.112. The number of aryl methyl sites for hydroxylation is 1. The Morgan fingerprint density at radius 3 is 2.29 bits per heavy atom. The first kappa shape index (κ1) is 23.9. The molecule has 0 atom stereocenters. The molecule has 0 unspecified atom stereocenters. The number of hydrogen-bond donors (Lipinski definition) is 1. The molecule has 31 heavy (non-hydrogen) atoms. The first-order valence-corrected chi connectivity index (χ1v) is 10.7. The third kappa shape index (κ3) is 5.85. The summed E-state index contributed by atoms with van der Waals surface area (Å²) in [4.78, 5) is 26.8. The molecule has 0 fully saturated rings. The molecule has 2 rings (SSSR count). The molecular formula is C25H32N4O2. The molecule has 164 valence electrons. The lowest BCUT2D eigenvalue weighted by Crippen LogP contribution is -2.30. The minimum atomic E-state index is -0.473. The van der Waals surface area contributed by atoms with Crippen molar-refractivity contribution in [3.8, 4) is 6.07 Å². The van der Waals surface area contributed by atoms with Crippen molar-refractivity contribution in [3.63, 3.8) is 0 Å². The Hall–Kier alpha value is -3.33. The fraction of sp³-hybridized carbons (Fsp3) is 0.400. The summed E-state index contributed by atoms with van der Waals surface area (Å²) in [7, 11) is 0. The molecule has 0 saturated carbocycles. The Morgan fingerprint density at radius 1 is 1.16 bits per heavy atom. The van der Waals surface area contributed by atoms with Crippen LogP contribution in [-0.2, 0) is 11.3 Å². The SMILES string of the molecule is CCN(CC)C(=O)c1ccc(NC(=O)/C(C#N)=C/c2cc(C)n(CC(C)C)c2C)cc1. The molecule has 1 heterocycles. The summed E-state index contributed by atoms with van der Waals surface area (Å²) in [6, 6.07) is 10.7. The molecule has 0 bridgehead atoms. The molecule has 0 radical (unpaired) electrons. The van der Waals surface area contributed by atoms with Crippen LogP contribution < -0.4 is 5.32 Å². The van der Waals surface area contributed by atoms with Crippen LogP contribution in [0.1, 0.15) is 55.0 Å². The number of nitriles is 1. The standard InChI is InChI=1S/C25H32N4O2/c1-7-28(8-2)25(31)20-9-11-23(12-10-20)27-24(30)22(15-26)14-21-13-18(5)29(19(21)6)16-17(3)4/h9-14,17H,7-8,16H2,1-6H3,(H,27,30)/b22-14+. The molecule has 0 spiro atoms. The van der Waals surface area contributed by atoms with E-state index in [1.54, 1.807) is 35.2 Å². The highest BCUT2D eigenvalue weighted by Gasteiger charge is 2.15. The van der Waals surface area contributed by atoms with Crippen molar-refractivity contribution >= 4 is 23.6 Å². The predicted octanol–water partition coefficient (Wildman–Crippen LogP) is 4.79. The van der Waals surface area contributed by atoms with Gasteiger partial charge in [-0.05, 0) is 75.6 Å². The van der Waals surface area contributed by atoms with Crippen molar-refractivity contribution in [1.82, 2.24) is 9.47 Å². The number of benzene rings is 1. The number of carbonyl (C=O) groups is 2. The van der Waals surface area contributed by atoms with Crippen LogP contribution in [0.4, 0.5) is 5.69 Å². The lowest BCUT2D eigenvalue weighted by atomic mass is 10.1. The van der Waals surface area contributed by atoms with Gasteiger partial charge in [0.05, 0.1) is 0 Å². The molecule has 1 aromatic carbocycles. The number of anilines is 1. The number of amides is 2. The maximum atomic E-state index is 12.7. The molecule has 1 N–H and O–H groups in total. The van der Waals surface area contributed by atoms with Crippen LogP contribution in [-0.4, -0.2) is 34.4 Å². The van der Waals surface area contributed by atoms with Crippen LogP contribution in [0.25, 0.3) is 6.08 Å². The average Bonchev–Trinajstić information content (AvgIpc) is 3.00. The van der Waals surface area contributed by atoms with Crippen LogP contribution in [0.2, 0.25) is 0 Å². The summed E-state index contributed by atoms with van der Waals surface area (Å²) in [6.07, 6.45) is 1.63. The maximum absolute atomic E-state index is 12.7. The van der Waals surface area contributed by atoms with Gasteiger partial charge in [0, 0.05) is 42.3 Å². The summed E-state index contributed by atoms with van der Waals surface area (Å²) in [5.74, 6) is -0.0202. The number of carbonyl (C=O) groups excluding carboxylic acids is 2. The molecule has 2 aromatic rings. The molecule has 6 heteroatoms. The third-order valence-corrected chi connectivity index (χ3v) is 5.27. The van der Waals surface area contributed by atoms with E-state index in [0.29, 0.717) is 30.3 Å². The van der Waals surface area contributed by atoms with E-state index >= 15 is 0 Å². The molecule has 0 aliphatic carbocycles. The normalized spacial score (nSPS) is 11.4. The highest BCUT2D eigenvalue weighted by molar-refractivity contribution is 6.10. The van der Waals surface area contributed by atoms with Gasteiger partial charge in [-0.2, -0.15) is 5.26 Å². The van der Waals surface area contributed by atoms with E-state index in [-0.39, 0.29) is 11.5 Å². The Morgan fingerprint density at radius 2 is 1.77 bits per heavy atom. The minimum Gasteiger partial charge on any atom is -0.348 e. The van der Waals surface area contributed by atoms with Crippen molar-refractivity contribution in [2.45, 2.75) is 48.1 Å². The highest BCUT2D eigenvalue weighted by atomic mass is 16.2. The summed E-state index contributed by atoms with van der Waals surface area (Å²) >= 11 is 0. The zero-order valence-corrected chi connectivity index (χ0v) is 19.3. The minimum absolute atomic E-state index is 0.0353. The number of rotatable bonds is 8. The van der Waals surface area contributed by atoms with Gasteiger partial charge in [-0.15, -0.1) is 0 Å². The van der Waals surface area contributed by atoms with Crippen LogP contribution in [0, 0.1) is 31.1 Å². The maximum Gasteiger partial charge on any atom is 0.266 e. The van der Waals surface area contributed by atoms with Gasteiger partial charge in [0.2, 0.25) is 0 Å². The van der Waals surface area contributed by atoms with Gasteiger partial charge in [-0.1, -0.05) is 13.8 Å². The summed E-state index contributed by atoms with van der Waals surface area (Å²) in [6.45, 7) is 14.4.